The van der Waals surface area contributed by atoms with E-state index in [-0.39, 0.29) is 29.7 Å². The molecule has 1 aliphatic rings. The third-order valence-electron chi connectivity index (χ3n) is 4.57. The number of nitrogens with one attached hydrogen (secondary N) is 1. The molecule has 1 aromatic rings. The molecule has 5 heteroatoms. The first-order chi connectivity index (χ1) is 11.3. The number of amides is 2. The summed E-state index contributed by atoms with van der Waals surface area (Å²) in [4.78, 5) is 26.6. The number of hydrogen-bond donors (Lipinski definition) is 2. The van der Waals surface area contributed by atoms with E-state index in [4.69, 9.17) is 0 Å². The molecule has 2 rings (SSSR count). The van der Waals surface area contributed by atoms with E-state index < -0.39 is 6.10 Å². The number of likely N-dealkylation sites (tertiary alicyclic amines) is 1. The van der Waals surface area contributed by atoms with Crippen LogP contribution < -0.4 is 5.32 Å². The topological polar surface area (TPSA) is 69.6 Å². The standard InChI is InChI=1S/C19H28N2O3/c1-19(2,3)16(22)12-20-17(23)15-10-7-11-21(13-15)18(24)14-8-5-4-6-9-14/h4-6,8-9,15-16,22H,7,10-13H2,1-3H3,(H,20,23). The second-order valence-corrected chi connectivity index (χ2v) is 7.58. The second kappa shape index (κ2) is 7.79. The van der Waals surface area contributed by atoms with Gasteiger partial charge in [0, 0.05) is 25.2 Å². The predicted molar refractivity (Wildman–Crippen MR) is 93.5 cm³/mol. The van der Waals surface area contributed by atoms with Crippen LogP contribution in [0.3, 0.4) is 0 Å². The number of aliphatic hydroxyl groups excluding tert-OH is 1. The van der Waals surface area contributed by atoms with Crippen LogP contribution in [0.4, 0.5) is 0 Å². The Hall–Kier alpha value is -1.88. The minimum absolute atomic E-state index is 0.0252. The summed E-state index contributed by atoms with van der Waals surface area (Å²) in [5.74, 6) is -0.315. The van der Waals surface area contributed by atoms with Gasteiger partial charge in [0.05, 0.1) is 12.0 Å². The predicted octanol–water partition coefficient (Wildman–Crippen LogP) is 2.06. The lowest BCUT2D eigenvalue weighted by molar-refractivity contribution is -0.127. The maximum Gasteiger partial charge on any atom is 0.253 e. The van der Waals surface area contributed by atoms with Crippen LogP contribution in [0.5, 0.6) is 0 Å². The van der Waals surface area contributed by atoms with E-state index in [1.165, 1.54) is 0 Å². The minimum atomic E-state index is -0.591. The molecule has 0 aliphatic carbocycles. The molecule has 2 unspecified atom stereocenters. The molecule has 1 saturated heterocycles. The molecule has 1 aromatic carbocycles. The lowest BCUT2D eigenvalue weighted by atomic mass is 9.89. The summed E-state index contributed by atoms with van der Waals surface area (Å²) in [5.41, 5.74) is 0.386. The molecule has 24 heavy (non-hydrogen) atoms. The van der Waals surface area contributed by atoms with Crippen molar-refractivity contribution in [3.63, 3.8) is 0 Å². The SMILES string of the molecule is CC(C)(C)C(O)CNC(=O)C1CCCN(C(=O)c2ccccc2)C1. The first-order valence-electron chi connectivity index (χ1n) is 8.59. The van der Waals surface area contributed by atoms with Crippen molar-refractivity contribution in [2.45, 2.75) is 39.7 Å². The van der Waals surface area contributed by atoms with Gasteiger partial charge in [-0.3, -0.25) is 9.59 Å². The molecule has 0 aromatic heterocycles. The highest BCUT2D eigenvalue weighted by atomic mass is 16.3. The molecule has 5 nitrogen and oxygen atoms in total. The number of carbonyl (C=O) groups is 2. The van der Waals surface area contributed by atoms with E-state index in [2.05, 4.69) is 5.32 Å². The minimum Gasteiger partial charge on any atom is -0.391 e. The third kappa shape index (κ3) is 4.81. The third-order valence-corrected chi connectivity index (χ3v) is 4.57. The van der Waals surface area contributed by atoms with Crippen LogP contribution >= 0.6 is 0 Å². The summed E-state index contributed by atoms with van der Waals surface area (Å²) >= 11 is 0. The Labute approximate surface area is 144 Å². The summed E-state index contributed by atoms with van der Waals surface area (Å²) in [7, 11) is 0. The van der Waals surface area contributed by atoms with E-state index >= 15 is 0 Å². The van der Waals surface area contributed by atoms with E-state index in [1.54, 1.807) is 17.0 Å². The first kappa shape index (κ1) is 18.5. The van der Waals surface area contributed by atoms with Gasteiger partial charge >= 0.3 is 0 Å². The highest BCUT2D eigenvalue weighted by molar-refractivity contribution is 5.94. The smallest absolute Gasteiger partial charge is 0.253 e. The number of rotatable bonds is 4. The molecule has 132 valence electrons. The molecular formula is C19H28N2O3. The first-order valence-corrected chi connectivity index (χ1v) is 8.59. The average Bonchev–Trinajstić information content (AvgIpc) is 2.58. The van der Waals surface area contributed by atoms with Crippen molar-refractivity contribution in [1.29, 1.82) is 0 Å². The zero-order chi connectivity index (χ0) is 17.7. The summed E-state index contributed by atoms with van der Waals surface area (Å²) < 4.78 is 0. The van der Waals surface area contributed by atoms with Gasteiger partial charge in [0.15, 0.2) is 0 Å². The van der Waals surface area contributed by atoms with Gasteiger partial charge in [-0.1, -0.05) is 39.0 Å². The van der Waals surface area contributed by atoms with Crippen LogP contribution in [0.25, 0.3) is 0 Å². The fourth-order valence-electron chi connectivity index (χ4n) is 2.79. The van der Waals surface area contributed by atoms with Crippen LogP contribution in [0.1, 0.15) is 44.0 Å². The lowest BCUT2D eigenvalue weighted by Gasteiger charge is -2.33. The van der Waals surface area contributed by atoms with Crippen LogP contribution in [0, 0.1) is 11.3 Å². The van der Waals surface area contributed by atoms with Crippen LogP contribution in [0.15, 0.2) is 30.3 Å². The molecule has 1 aliphatic heterocycles. The summed E-state index contributed by atoms with van der Waals surface area (Å²) in [6, 6.07) is 9.16. The number of piperidine rings is 1. The number of carbonyl (C=O) groups excluding carboxylic acids is 2. The Morgan fingerprint density at radius 1 is 1.29 bits per heavy atom. The quantitative estimate of drug-likeness (QED) is 0.887. The summed E-state index contributed by atoms with van der Waals surface area (Å²) in [6.07, 6.45) is 1.00. The molecule has 1 heterocycles. The number of benzene rings is 1. The fraction of sp³-hybridized carbons (Fsp3) is 0.579. The molecule has 0 spiro atoms. The average molecular weight is 332 g/mol. The zero-order valence-electron chi connectivity index (χ0n) is 14.8. The summed E-state index contributed by atoms with van der Waals surface area (Å²) in [6.45, 7) is 7.17. The Bertz CT molecular complexity index is 566. The fourth-order valence-corrected chi connectivity index (χ4v) is 2.79. The van der Waals surface area contributed by atoms with E-state index in [1.807, 2.05) is 39.0 Å². The van der Waals surface area contributed by atoms with Gasteiger partial charge in [-0.25, -0.2) is 0 Å². The monoisotopic (exact) mass is 332 g/mol. The molecule has 0 radical (unpaired) electrons. The lowest BCUT2D eigenvalue weighted by Crippen LogP contribution is -2.47. The van der Waals surface area contributed by atoms with Crippen molar-refractivity contribution >= 4 is 11.8 Å². The maximum atomic E-state index is 12.5. The second-order valence-electron chi connectivity index (χ2n) is 7.58. The van der Waals surface area contributed by atoms with Crippen molar-refractivity contribution in [3.05, 3.63) is 35.9 Å². The summed E-state index contributed by atoms with van der Waals surface area (Å²) in [5, 5.41) is 12.9. The number of aliphatic hydroxyl groups is 1. The largest absolute Gasteiger partial charge is 0.391 e. The van der Waals surface area contributed by atoms with Gasteiger partial charge in [0.25, 0.3) is 5.91 Å². The van der Waals surface area contributed by atoms with Crippen LogP contribution in [-0.2, 0) is 4.79 Å². The van der Waals surface area contributed by atoms with Gasteiger partial charge in [-0.15, -0.1) is 0 Å². The molecule has 2 atom stereocenters. The van der Waals surface area contributed by atoms with Gasteiger partial charge in [-0.05, 0) is 30.4 Å². The molecule has 0 saturated carbocycles. The molecule has 1 fully saturated rings. The van der Waals surface area contributed by atoms with Gasteiger partial charge in [0.1, 0.15) is 0 Å². The van der Waals surface area contributed by atoms with E-state index in [9.17, 15) is 14.7 Å². The molecule has 2 amide bonds. The normalized spacial score (nSPS) is 19.7. The van der Waals surface area contributed by atoms with Crippen molar-refractivity contribution in [2.75, 3.05) is 19.6 Å². The van der Waals surface area contributed by atoms with E-state index in [0.29, 0.717) is 18.7 Å². The zero-order valence-corrected chi connectivity index (χ0v) is 14.8. The number of hydrogen-bond acceptors (Lipinski definition) is 3. The van der Waals surface area contributed by atoms with Crippen molar-refractivity contribution in [3.8, 4) is 0 Å². The Morgan fingerprint density at radius 3 is 2.58 bits per heavy atom. The van der Waals surface area contributed by atoms with Crippen molar-refractivity contribution in [1.82, 2.24) is 10.2 Å². The highest BCUT2D eigenvalue weighted by Crippen LogP contribution is 2.20. The Kier molecular flexibility index (Phi) is 5.99. The highest BCUT2D eigenvalue weighted by Gasteiger charge is 2.30. The van der Waals surface area contributed by atoms with Crippen LogP contribution in [0.2, 0.25) is 0 Å². The van der Waals surface area contributed by atoms with Crippen molar-refractivity contribution < 1.29 is 14.7 Å². The van der Waals surface area contributed by atoms with E-state index in [0.717, 1.165) is 12.8 Å². The van der Waals surface area contributed by atoms with Gasteiger partial charge in [0.2, 0.25) is 5.91 Å². The van der Waals surface area contributed by atoms with Gasteiger partial charge < -0.3 is 15.3 Å². The molecule has 2 N–H and O–H groups in total. The van der Waals surface area contributed by atoms with Crippen molar-refractivity contribution in [2.24, 2.45) is 11.3 Å². The Balaban J connectivity index is 1.90. The molecular weight excluding hydrogens is 304 g/mol. The Morgan fingerprint density at radius 2 is 1.96 bits per heavy atom. The van der Waals surface area contributed by atoms with Gasteiger partial charge in [-0.2, -0.15) is 0 Å². The number of nitrogens with zero attached hydrogens (tertiary/aromatic N) is 1. The molecule has 0 bridgehead atoms. The van der Waals surface area contributed by atoms with Crippen LogP contribution in [-0.4, -0.2) is 47.6 Å². The maximum absolute atomic E-state index is 12.5.